The molecule has 0 aromatic heterocycles. The minimum Gasteiger partial charge on any atom is -0.496 e. The van der Waals surface area contributed by atoms with Crippen molar-refractivity contribution in [3.05, 3.63) is 58.7 Å². The van der Waals surface area contributed by atoms with Crippen LogP contribution in [-0.4, -0.2) is 109 Å². The second kappa shape index (κ2) is 15.0. The lowest BCUT2D eigenvalue weighted by Gasteiger charge is -2.41. The second-order valence-corrected chi connectivity index (χ2v) is 13.7. The molecule has 0 radical (unpaired) electrons. The molecule has 3 saturated heterocycles. The Bertz CT molecular complexity index is 1400. The number of amides is 4. The number of carbonyl (C=O) groups excluding carboxylic acids is 3. The summed E-state index contributed by atoms with van der Waals surface area (Å²) in [6, 6.07) is 12.5. The standard InChI is InChI=1S/C37H51N5O5/c1-26-23-28(24-27(2)34(26)46-3)25-33(35(43)40-18-12-30(13-19-40)39-16-7-4-8-17-39)47-37(45)41-20-14-31(15-21-41)42-22-11-29-9-5-6-10-32(29)38-36(42)44/h5-6,9-10,23-24,30-31,33H,4,7-8,11-22,25H2,1-3H3,(H,38,44)/t33-/m1/s1. The van der Waals surface area contributed by atoms with Crippen LogP contribution in [0.3, 0.4) is 0 Å². The maximum Gasteiger partial charge on any atom is 0.410 e. The van der Waals surface area contributed by atoms with Gasteiger partial charge in [-0.2, -0.15) is 0 Å². The van der Waals surface area contributed by atoms with Gasteiger partial charge in [0.25, 0.3) is 5.91 Å². The fourth-order valence-corrected chi connectivity index (χ4v) is 8.11. The fraction of sp³-hybridized carbons (Fsp3) is 0.595. The van der Waals surface area contributed by atoms with E-state index in [0.717, 1.165) is 66.0 Å². The number of hydrogen-bond donors (Lipinski definition) is 1. The Balaban J connectivity index is 1.09. The first-order valence-corrected chi connectivity index (χ1v) is 17.6. The topological polar surface area (TPSA) is 94.7 Å². The highest BCUT2D eigenvalue weighted by Crippen LogP contribution is 2.28. The van der Waals surface area contributed by atoms with Crippen LogP contribution >= 0.6 is 0 Å². The number of piperidine rings is 3. The molecule has 4 amide bonds. The predicted octanol–water partition coefficient (Wildman–Crippen LogP) is 5.39. The average Bonchev–Trinajstić information content (AvgIpc) is 3.26. The number of rotatable bonds is 7. The minimum atomic E-state index is -0.908. The Labute approximate surface area is 279 Å². The largest absolute Gasteiger partial charge is 0.496 e. The molecule has 0 aliphatic carbocycles. The van der Waals surface area contributed by atoms with Crippen molar-refractivity contribution in [1.29, 1.82) is 0 Å². The number of fused-ring (bicyclic) bond motifs is 1. The lowest BCUT2D eigenvalue weighted by Crippen LogP contribution is -2.53. The van der Waals surface area contributed by atoms with Gasteiger partial charge in [0.15, 0.2) is 6.10 Å². The van der Waals surface area contributed by atoms with Crippen LogP contribution in [0, 0.1) is 13.8 Å². The third kappa shape index (κ3) is 7.69. The maximum atomic E-state index is 14.1. The van der Waals surface area contributed by atoms with Gasteiger partial charge in [-0.25, -0.2) is 9.59 Å². The first-order chi connectivity index (χ1) is 22.8. The fourth-order valence-electron chi connectivity index (χ4n) is 8.11. The normalized spacial score (nSPS) is 20.7. The van der Waals surface area contributed by atoms with Crippen molar-refractivity contribution in [2.45, 2.75) is 89.8 Å². The minimum absolute atomic E-state index is 0.0391. The summed E-state index contributed by atoms with van der Waals surface area (Å²) >= 11 is 0. The van der Waals surface area contributed by atoms with E-state index in [1.807, 2.05) is 54.0 Å². The molecule has 10 nitrogen and oxygen atoms in total. The van der Waals surface area contributed by atoms with Crippen LogP contribution in [0.15, 0.2) is 36.4 Å². The Morgan fingerprint density at radius 3 is 2.17 bits per heavy atom. The molecule has 47 heavy (non-hydrogen) atoms. The number of benzene rings is 2. The first kappa shape index (κ1) is 33.1. The zero-order valence-electron chi connectivity index (χ0n) is 28.3. The predicted molar refractivity (Wildman–Crippen MR) is 182 cm³/mol. The van der Waals surface area contributed by atoms with Gasteiger partial charge in [-0.15, -0.1) is 0 Å². The van der Waals surface area contributed by atoms with Crippen LogP contribution in [-0.2, 0) is 22.4 Å². The van der Waals surface area contributed by atoms with Crippen molar-refractivity contribution < 1.29 is 23.9 Å². The van der Waals surface area contributed by atoms with Crippen molar-refractivity contribution in [3.8, 4) is 5.75 Å². The highest BCUT2D eigenvalue weighted by molar-refractivity contribution is 5.91. The molecule has 0 saturated carbocycles. The molecular weight excluding hydrogens is 594 g/mol. The molecule has 254 valence electrons. The smallest absolute Gasteiger partial charge is 0.410 e. The molecule has 1 atom stereocenters. The van der Waals surface area contributed by atoms with E-state index in [1.54, 1.807) is 12.0 Å². The summed E-state index contributed by atoms with van der Waals surface area (Å²) in [5, 5.41) is 3.06. The molecule has 10 heteroatoms. The van der Waals surface area contributed by atoms with Gasteiger partial charge in [0.2, 0.25) is 0 Å². The summed E-state index contributed by atoms with van der Waals surface area (Å²) < 4.78 is 11.7. The molecular formula is C37H51N5O5. The summed E-state index contributed by atoms with van der Waals surface area (Å²) in [6.07, 6.45) is 6.80. The van der Waals surface area contributed by atoms with Crippen LogP contribution in [0.5, 0.6) is 5.75 Å². The number of likely N-dealkylation sites (tertiary alicyclic amines) is 3. The van der Waals surface area contributed by atoms with E-state index in [9.17, 15) is 14.4 Å². The molecule has 4 aliphatic rings. The van der Waals surface area contributed by atoms with Crippen molar-refractivity contribution in [2.24, 2.45) is 0 Å². The summed E-state index contributed by atoms with van der Waals surface area (Å²) in [5.74, 6) is 0.718. The van der Waals surface area contributed by atoms with Crippen LogP contribution in [0.1, 0.15) is 67.2 Å². The summed E-state index contributed by atoms with van der Waals surface area (Å²) in [7, 11) is 1.66. The monoisotopic (exact) mass is 645 g/mol. The number of carbonyl (C=O) groups is 3. The Morgan fingerprint density at radius 1 is 0.851 bits per heavy atom. The van der Waals surface area contributed by atoms with E-state index < -0.39 is 12.2 Å². The Morgan fingerprint density at radius 2 is 1.49 bits per heavy atom. The Kier molecular flexibility index (Phi) is 10.5. The second-order valence-electron chi connectivity index (χ2n) is 13.7. The van der Waals surface area contributed by atoms with E-state index in [4.69, 9.17) is 9.47 Å². The van der Waals surface area contributed by atoms with Gasteiger partial charge < -0.3 is 34.4 Å². The summed E-state index contributed by atoms with van der Waals surface area (Å²) in [5.41, 5.74) is 4.94. The van der Waals surface area contributed by atoms with Crippen molar-refractivity contribution >= 4 is 23.7 Å². The third-order valence-corrected chi connectivity index (χ3v) is 10.7. The van der Waals surface area contributed by atoms with Crippen LogP contribution in [0.4, 0.5) is 15.3 Å². The number of anilines is 1. The van der Waals surface area contributed by atoms with Crippen LogP contribution in [0.25, 0.3) is 0 Å². The SMILES string of the molecule is COc1c(C)cc(C[C@@H](OC(=O)N2CCC(N3CCc4ccccc4NC3=O)CC2)C(=O)N2CCC(N3CCCCC3)CC2)cc1C. The molecule has 4 aliphatic heterocycles. The highest BCUT2D eigenvalue weighted by Gasteiger charge is 2.36. The van der Waals surface area contributed by atoms with Gasteiger partial charge in [-0.1, -0.05) is 36.8 Å². The maximum absolute atomic E-state index is 14.1. The number of nitrogens with zero attached hydrogens (tertiary/aromatic N) is 4. The van der Waals surface area contributed by atoms with E-state index in [-0.39, 0.29) is 18.0 Å². The number of nitrogens with one attached hydrogen (secondary N) is 1. The molecule has 1 N–H and O–H groups in total. The van der Waals surface area contributed by atoms with Gasteiger partial charge in [-0.05, 0) is 100 Å². The van der Waals surface area contributed by atoms with Gasteiger partial charge >= 0.3 is 12.1 Å². The molecule has 0 bridgehead atoms. The number of ether oxygens (including phenoxy) is 2. The van der Waals surface area contributed by atoms with Gasteiger partial charge in [0.05, 0.1) is 7.11 Å². The number of hydrogen-bond acceptors (Lipinski definition) is 6. The van der Waals surface area contributed by atoms with Crippen molar-refractivity contribution in [2.75, 3.05) is 58.2 Å². The van der Waals surface area contributed by atoms with Crippen molar-refractivity contribution in [3.63, 3.8) is 0 Å². The van der Waals surface area contributed by atoms with Gasteiger partial charge in [-0.3, -0.25) is 4.79 Å². The number of para-hydroxylation sites is 1. The quantitative estimate of drug-likeness (QED) is 0.434. The van der Waals surface area contributed by atoms with E-state index >= 15 is 0 Å². The lowest BCUT2D eigenvalue weighted by atomic mass is 9.98. The van der Waals surface area contributed by atoms with Gasteiger partial charge in [0, 0.05) is 56.9 Å². The van der Waals surface area contributed by atoms with E-state index in [2.05, 4.69) is 16.3 Å². The third-order valence-electron chi connectivity index (χ3n) is 10.7. The molecule has 2 aromatic rings. The summed E-state index contributed by atoms with van der Waals surface area (Å²) in [4.78, 5) is 48.9. The molecule has 6 rings (SSSR count). The highest BCUT2D eigenvalue weighted by atomic mass is 16.6. The first-order valence-electron chi connectivity index (χ1n) is 17.6. The number of urea groups is 1. The summed E-state index contributed by atoms with van der Waals surface area (Å²) in [6.45, 7) is 9.26. The van der Waals surface area contributed by atoms with E-state index in [1.165, 1.54) is 19.3 Å². The number of methoxy groups -OCH3 is 1. The van der Waals surface area contributed by atoms with Gasteiger partial charge in [0.1, 0.15) is 5.75 Å². The molecule has 2 aromatic carbocycles. The molecule has 0 unspecified atom stereocenters. The molecule has 4 heterocycles. The molecule has 0 spiro atoms. The number of aryl methyl sites for hydroxylation is 2. The lowest BCUT2D eigenvalue weighted by molar-refractivity contribution is -0.142. The average molecular weight is 646 g/mol. The zero-order valence-corrected chi connectivity index (χ0v) is 28.3. The van der Waals surface area contributed by atoms with E-state index in [0.29, 0.717) is 58.0 Å². The Hall–Kier alpha value is -3.79. The zero-order chi connectivity index (χ0) is 32.9. The molecule has 3 fully saturated rings. The van der Waals surface area contributed by atoms with Crippen LogP contribution < -0.4 is 10.1 Å². The van der Waals surface area contributed by atoms with Crippen LogP contribution in [0.2, 0.25) is 0 Å². The van der Waals surface area contributed by atoms with Crippen molar-refractivity contribution in [1.82, 2.24) is 19.6 Å².